The van der Waals surface area contributed by atoms with Gasteiger partial charge in [-0.15, -0.1) is 11.6 Å². The van der Waals surface area contributed by atoms with Crippen LogP contribution in [0.3, 0.4) is 0 Å². The molecule has 26 heavy (non-hydrogen) atoms. The first-order valence-electron chi connectivity index (χ1n) is 8.10. The molecule has 1 aliphatic rings. The van der Waals surface area contributed by atoms with E-state index in [2.05, 4.69) is 6.07 Å². The van der Waals surface area contributed by atoms with E-state index in [4.69, 9.17) is 27.9 Å². The summed E-state index contributed by atoms with van der Waals surface area (Å²) in [5.74, 6) is -0.615. The summed E-state index contributed by atoms with van der Waals surface area (Å²) >= 11 is 11.6. The molecule has 0 bridgehead atoms. The Hall–Kier alpha value is -1.97. The molecule has 0 unspecified atom stereocenters. The number of alkyl halides is 1. The van der Waals surface area contributed by atoms with E-state index < -0.39 is 17.2 Å². The highest BCUT2D eigenvalue weighted by Gasteiger charge is 2.52. The van der Waals surface area contributed by atoms with Crippen LogP contribution >= 0.6 is 23.2 Å². The van der Waals surface area contributed by atoms with Crippen molar-refractivity contribution in [3.63, 3.8) is 0 Å². The molecule has 0 spiro atoms. The van der Waals surface area contributed by atoms with Crippen molar-refractivity contribution < 1.29 is 14.3 Å². The van der Waals surface area contributed by atoms with Gasteiger partial charge in [-0.3, -0.25) is 4.79 Å². The lowest BCUT2D eigenvalue weighted by Crippen LogP contribution is -2.71. The van der Waals surface area contributed by atoms with Crippen LogP contribution in [0, 0.1) is 11.3 Å². The molecule has 0 aliphatic carbocycles. The summed E-state index contributed by atoms with van der Waals surface area (Å²) in [4.78, 5) is 27.3. The van der Waals surface area contributed by atoms with Gasteiger partial charge in [0.15, 0.2) is 5.54 Å². The van der Waals surface area contributed by atoms with E-state index in [0.717, 1.165) is 5.56 Å². The summed E-state index contributed by atoms with van der Waals surface area (Å²) in [5, 5.41) is 10.3. The number of nitrogens with zero attached hydrogens (tertiary/aromatic N) is 3. The lowest BCUT2D eigenvalue weighted by molar-refractivity contribution is -0.139. The normalized spacial score (nSPS) is 15.6. The van der Waals surface area contributed by atoms with Gasteiger partial charge in [0, 0.05) is 11.6 Å². The predicted molar refractivity (Wildman–Crippen MR) is 98.9 cm³/mol. The van der Waals surface area contributed by atoms with Gasteiger partial charge in [0.25, 0.3) is 0 Å². The fraction of sp³-hybridized carbons (Fsp3) is 0.500. The molecular weight excluding hydrogens is 377 g/mol. The van der Waals surface area contributed by atoms with Crippen LogP contribution in [0.15, 0.2) is 24.3 Å². The highest BCUT2D eigenvalue weighted by molar-refractivity contribution is 6.30. The molecule has 0 radical (unpaired) electrons. The Balaban J connectivity index is 2.16. The van der Waals surface area contributed by atoms with Crippen LogP contribution in [0.4, 0.5) is 4.79 Å². The maximum Gasteiger partial charge on any atom is 0.410 e. The van der Waals surface area contributed by atoms with Crippen molar-refractivity contribution in [2.24, 2.45) is 0 Å². The first kappa shape index (κ1) is 20.3. The van der Waals surface area contributed by atoms with E-state index in [1.807, 2.05) is 0 Å². The number of benzene rings is 1. The molecule has 0 atom stereocenters. The number of ether oxygens (including phenoxy) is 1. The summed E-state index contributed by atoms with van der Waals surface area (Å²) in [6, 6.07) is 9.18. The molecule has 1 heterocycles. The summed E-state index contributed by atoms with van der Waals surface area (Å²) in [7, 11) is 0. The second-order valence-electron chi connectivity index (χ2n) is 7.22. The molecular formula is C18H21Cl2N3O3. The van der Waals surface area contributed by atoms with E-state index in [-0.39, 0.29) is 31.4 Å². The minimum Gasteiger partial charge on any atom is -0.444 e. The monoisotopic (exact) mass is 397 g/mol. The molecule has 2 amide bonds. The summed E-state index contributed by atoms with van der Waals surface area (Å²) in [5.41, 5.74) is -0.933. The average molecular weight is 398 g/mol. The Bertz CT molecular complexity index is 717. The standard InChI is InChI=1S/C18H21Cl2N3O3/c1-17(2,3)26-16(25)22-11-18(10-21,12-22)23(15(24)8-19)9-13-4-6-14(20)7-5-13/h4-7H,8-9,11-12H2,1-3H3. The molecule has 8 heteroatoms. The maximum atomic E-state index is 12.4. The fourth-order valence-electron chi connectivity index (χ4n) is 2.67. The van der Waals surface area contributed by atoms with Crippen molar-refractivity contribution in [1.29, 1.82) is 5.26 Å². The smallest absolute Gasteiger partial charge is 0.410 e. The molecule has 6 nitrogen and oxygen atoms in total. The first-order valence-corrected chi connectivity index (χ1v) is 9.01. The number of hydrogen-bond donors (Lipinski definition) is 0. The van der Waals surface area contributed by atoms with Crippen molar-refractivity contribution in [1.82, 2.24) is 9.80 Å². The van der Waals surface area contributed by atoms with Gasteiger partial charge in [-0.1, -0.05) is 23.7 Å². The van der Waals surface area contributed by atoms with Gasteiger partial charge in [-0.2, -0.15) is 5.26 Å². The van der Waals surface area contributed by atoms with Crippen LogP contribution < -0.4 is 0 Å². The molecule has 0 saturated carbocycles. The molecule has 1 fully saturated rings. The number of amides is 2. The molecule has 2 rings (SSSR count). The van der Waals surface area contributed by atoms with Crippen molar-refractivity contribution >= 4 is 35.2 Å². The zero-order valence-electron chi connectivity index (χ0n) is 15.0. The molecule has 140 valence electrons. The third kappa shape index (κ3) is 4.60. The van der Waals surface area contributed by atoms with E-state index in [1.54, 1.807) is 45.0 Å². The van der Waals surface area contributed by atoms with Crippen LogP contribution in [-0.2, 0) is 16.1 Å². The number of hydrogen-bond acceptors (Lipinski definition) is 4. The van der Waals surface area contributed by atoms with Gasteiger partial charge >= 0.3 is 6.09 Å². The van der Waals surface area contributed by atoms with E-state index in [9.17, 15) is 14.9 Å². The molecule has 1 aliphatic heterocycles. The van der Waals surface area contributed by atoms with Gasteiger partial charge in [-0.05, 0) is 38.5 Å². The quantitative estimate of drug-likeness (QED) is 0.729. The third-order valence-corrected chi connectivity index (χ3v) is 4.43. The largest absolute Gasteiger partial charge is 0.444 e. The Labute approximate surface area is 163 Å². The fourth-order valence-corrected chi connectivity index (χ4v) is 2.94. The Morgan fingerprint density at radius 1 is 1.31 bits per heavy atom. The van der Waals surface area contributed by atoms with Gasteiger partial charge in [0.05, 0.1) is 19.2 Å². The van der Waals surface area contributed by atoms with E-state index >= 15 is 0 Å². The van der Waals surface area contributed by atoms with Gasteiger partial charge < -0.3 is 14.5 Å². The topological polar surface area (TPSA) is 73.6 Å². The molecule has 0 aromatic heterocycles. The SMILES string of the molecule is CC(C)(C)OC(=O)N1CC(C#N)(N(Cc2ccc(Cl)cc2)C(=O)CCl)C1. The van der Waals surface area contributed by atoms with Gasteiger partial charge in [-0.25, -0.2) is 4.79 Å². The lowest BCUT2D eigenvalue weighted by atomic mass is 9.89. The summed E-state index contributed by atoms with van der Waals surface area (Å²) < 4.78 is 5.31. The molecule has 1 aromatic carbocycles. The highest BCUT2D eigenvalue weighted by Crippen LogP contribution is 2.31. The van der Waals surface area contributed by atoms with Gasteiger partial charge in [0.1, 0.15) is 11.5 Å². The molecule has 1 saturated heterocycles. The van der Waals surface area contributed by atoms with Crippen LogP contribution in [0.1, 0.15) is 26.3 Å². The predicted octanol–water partition coefficient (Wildman–Crippen LogP) is 3.42. The third-order valence-electron chi connectivity index (χ3n) is 3.95. The van der Waals surface area contributed by atoms with E-state index in [1.165, 1.54) is 9.80 Å². The Morgan fingerprint density at radius 2 is 1.88 bits per heavy atom. The van der Waals surface area contributed by atoms with Crippen molar-refractivity contribution in [3.05, 3.63) is 34.9 Å². The maximum absolute atomic E-state index is 12.4. The second-order valence-corrected chi connectivity index (χ2v) is 7.92. The zero-order chi connectivity index (χ0) is 19.5. The Morgan fingerprint density at radius 3 is 2.35 bits per heavy atom. The van der Waals surface area contributed by atoms with Crippen LogP contribution in [0.2, 0.25) is 5.02 Å². The number of halogens is 2. The average Bonchev–Trinajstić information content (AvgIpc) is 2.52. The van der Waals surface area contributed by atoms with E-state index in [0.29, 0.717) is 5.02 Å². The van der Waals surface area contributed by atoms with Crippen molar-refractivity contribution in [3.8, 4) is 6.07 Å². The molecule has 1 aromatic rings. The summed E-state index contributed by atoms with van der Waals surface area (Å²) in [6.45, 7) is 5.67. The second kappa shape index (κ2) is 7.73. The zero-order valence-corrected chi connectivity index (χ0v) is 16.5. The van der Waals surface area contributed by atoms with Crippen LogP contribution in [0.5, 0.6) is 0 Å². The lowest BCUT2D eigenvalue weighted by Gasteiger charge is -2.51. The minimum absolute atomic E-state index is 0.0780. The van der Waals surface area contributed by atoms with Crippen LogP contribution in [0.25, 0.3) is 0 Å². The number of nitriles is 1. The summed E-state index contributed by atoms with van der Waals surface area (Å²) in [6.07, 6.45) is -0.506. The highest BCUT2D eigenvalue weighted by atomic mass is 35.5. The number of carbonyl (C=O) groups excluding carboxylic acids is 2. The number of carbonyl (C=O) groups is 2. The van der Waals surface area contributed by atoms with Crippen molar-refractivity contribution in [2.45, 2.75) is 38.5 Å². The van der Waals surface area contributed by atoms with Crippen molar-refractivity contribution in [2.75, 3.05) is 19.0 Å². The molecule has 0 N–H and O–H groups in total. The number of likely N-dealkylation sites (tertiary alicyclic amines) is 1. The first-order chi connectivity index (χ1) is 12.1. The Kier molecular flexibility index (Phi) is 6.05. The van der Waals surface area contributed by atoms with Gasteiger partial charge in [0.2, 0.25) is 5.91 Å². The number of rotatable bonds is 4. The minimum atomic E-state index is -1.12. The van der Waals surface area contributed by atoms with Crippen LogP contribution in [-0.4, -0.2) is 51.9 Å².